The number of aromatic nitrogens is 3. The first kappa shape index (κ1) is 22.4. The van der Waals surface area contributed by atoms with Crippen molar-refractivity contribution < 1.29 is 14.3 Å². The highest BCUT2D eigenvalue weighted by Crippen LogP contribution is 2.30. The van der Waals surface area contributed by atoms with E-state index in [2.05, 4.69) is 20.5 Å². The van der Waals surface area contributed by atoms with Crippen LogP contribution in [0.2, 0.25) is 0 Å². The zero-order valence-corrected chi connectivity index (χ0v) is 19.4. The molecule has 1 saturated heterocycles. The SMILES string of the molecule is Cc1ccc([C@@H](C)NC(=O)c2cc(OCC3CCOCC3)cc(-c3ncc(C)s3)c2)nn1. The number of carbonyl (C=O) groups excluding carboxylic acids is 1. The molecule has 1 fully saturated rings. The fourth-order valence-corrected chi connectivity index (χ4v) is 4.30. The Morgan fingerprint density at radius 3 is 2.72 bits per heavy atom. The smallest absolute Gasteiger partial charge is 0.251 e. The van der Waals surface area contributed by atoms with Gasteiger partial charge in [0.2, 0.25) is 0 Å². The van der Waals surface area contributed by atoms with Gasteiger partial charge >= 0.3 is 0 Å². The number of nitrogens with zero attached hydrogens (tertiary/aromatic N) is 3. The Bertz CT molecular complexity index is 1060. The molecular weight excluding hydrogens is 424 g/mol. The van der Waals surface area contributed by atoms with Gasteiger partial charge in [0.15, 0.2) is 0 Å². The average molecular weight is 453 g/mol. The van der Waals surface area contributed by atoms with Crippen molar-refractivity contribution in [2.75, 3.05) is 19.8 Å². The topological polar surface area (TPSA) is 86.2 Å². The maximum atomic E-state index is 13.1. The lowest BCUT2D eigenvalue weighted by molar-refractivity contribution is 0.0497. The van der Waals surface area contributed by atoms with E-state index in [4.69, 9.17) is 9.47 Å². The van der Waals surface area contributed by atoms with E-state index in [-0.39, 0.29) is 11.9 Å². The van der Waals surface area contributed by atoms with Crippen LogP contribution in [0.25, 0.3) is 10.6 Å². The van der Waals surface area contributed by atoms with Gasteiger partial charge in [-0.3, -0.25) is 4.79 Å². The lowest BCUT2D eigenvalue weighted by Gasteiger charge is -2.22. The van der Waals surface area contributed by atoms with Gasteiger partial charge in [-0.05, 0) is 69.9 Å². The highest BCUT2D eigenvalue weighted by molar-refractivity contribution is 7.14. The quantitative estimate of drug-likeness (QED) is 0.567. The van der Waals surface area contributed by atoms with Crippen molar-refractivity contribution in [1.29, 1.82) is 0 Å². The normalized spacial score (nSPS) is 15.3. The fraction of sp³-hybridized carbons (Fsp3) is 0.417. The molecule has 0 bridgehead atoms. The molecule has 4 rings (SSSR count). The molecule has 0 aliphatic carbocycles. The molecular formula is C24H28N4O3S. The van der Waals surface area contributed by atoms with E-state index in [1.807, 2.05) is 51.2 Å². The van der Waals surface area contributed by atoms with Crippen molar-refractivity contribution in [3.63, 3.8) is 0 Å². The van der Waals surface area contributed by atoms with E-state index in [0.29, 0.717) is 29.5 Å². The molecule has 1 aliphatic rings. The zero-order valence-electron chi connectivity index (χ0n) is 18.6. The van der Waals surface area contributed by atoms with Crippen LogP contribution in [-0.4, -0.2) is 40.9 Å². The molecule has 3 heterocycles. The van der Waals surface area contributed by atoms with Crippen molar-refractivity contribution >= 4 is 17.2 Å². The third-order valence-corrected chi connectivity index (χ3v) is 6.44. The second-order valence-electron chi connectivity index (χ2n) is 8.18. The van der Waals surface area contributed by atoms with Crippen LogP contribution in [0.4, 0.5) is 0 Å². The standard InChI is InChI=1S/C24H28N4O3S/c1-15-4-5-22(28-27-15)17(3)26-23(29)19-10-20(24-25-13-16(2)32-24)12-21(11-19)31-14-18-6-8-30-9-7-18/h4-5,10-13,17-18H,6-9,14H2,1-3H3,(H,26,29)/t17-/m1/s1. The highest BCUT2D eigenvalue weighted by atomic mass is 32.1. The first-order valence-electron chi connectivity index (χ1n) is 10.9. The summed E-state index contributed by atoms with van der Waals surface area (Å²) < 4.78 is 11.6. The molecule has 0 saturated carbocycles. The fourth-order valence-electron chi connectivity index (χ4n) is 3.55. The second-order valence-corrected chi connectivity index (χ2v) is 9.42. The van der Waals surface area contributed by atoms with E-state index < -0.39 is 0 Å². The number of nitrogens with one attached hydrogen (secondary N) is 1. The third-order valence-electron chi connectivity index (χ3n) is 5.47. The van der Waals surface area contributed by atoms with Crippen molar-refractivity contribution in [3.8, 4) is 16.3 Å². The molecule has 3 aromatic rings. The average Bonchev–Trinajstić information content (AvgIpc) is 3.25. The summed E-state index contributed by atoms with van der Waals surface area (Å²) in [7, 11) is 0. The van der Waals surface area contributed by atoms with Crippen molar-refractivity contribution in [2.45, 2.75) is 39.7 Å². The van der Waals surface area contributed by atoms with Gasteiger partial charge < -0.3 is 14.8 Å². The van der Waals surface area contributed by atoms with Gasteiger partial charge in [-0.25, -0.2) is 4.98 Å². The molecule has 1 amide bonds. The number of amides is 1. The summed E-state index contributed by atoms with van der Waals surface area (Å²) in [6, 6.07) is 9.12. The Morgan fingerprint density at radius 2 is 2.03 bits per heavy atom. The van der Waals surface area contributed by atoms with Gasteiger partial charge in [0.25, 0.3) is 5.91 Å². The number of hydrogen-bond donors (Lipinski definition) is 1. The maximum Gasteiger partial charge on any atom is 0.251 e. The summed E-state index contributed by atoms with van der Waals surface area (Å²) >= 11 is 1.60. The van der Waals surface area contributed by atoms with Crippen LogP contribution in [0.3, 0.4) is 0 Å². The second kappa shape index (κ2) is 10.2. The number of thiazole rings is 1. The summed E-state index contributed by atoms with van der Waals surface area (Å²) in [5.41, 5.74) is 2.96. The Labute approximate surface area is 192 Å². The van der Waals surface area contributed by atoms with Crippen LogP contribution in [-0.2, 0) is 4.74 Å². The third kappa shape index (κ3) is 5.69. The van der Waals surface area contributed by atoms with Crippen LogP contribution in [0.1, 0.15) is 52.4 Å². The van der Waals surface area contributed by atoms with Gasteiger partial charge in [0, 0.05) is 35.4 Å². The molecule has 0 unspecified atom stereocenters. The molecule has 32 heavy (non-hydrogen) atoms. The Morgan fingerprint density at radius 1 is 1.22 bits per heavy atom. The number of ether oxygens (including phenoxy) is 2. The van der Waals surface area contributed by atoms with Gasteiger partial charge in [-0.2, -0.15) is 10.2 Å². The number of aryl methyl sites for hydroxylation is 2. The highest BCUT2D eigenvalue weighted by Gasteiger charge is 2.18. The molecule has 8 heteroatoms. The van der Waals surface area contributed by atoms with Crippen LogP contribution < -0.4 is 10.1 Å². The molecule has 0 spiro atoms. The molecule has 0 radical (unpaired) electrons. The molecule has 1 atom stereocenters. The molecule has 2 aromatic heterocycles. The molecule has 168 valence electrons. The van der Waals surface area contributed by atoms with Crippen molar-refractivity contribution in [1.82, 2.24) is 20.5 Å². The van der Waals surface area contributed by atoms with Crippen LogP contribution in [0.15, 0.2) is 36.5 Å². The van der Waals surface area contributed by atoms with Crippen LogP contribution in [0.5, 0.6) is 5.75 Å². The first-order valence-corrected chi connectivity index (χ1v) is 11.7. The predicted octanol–water partition coefficient (Wildman–Crippen LogP) is 4.51. The van der Waals surface area contributed by atoms with Gasteiger partial charge in [-0.15, -0.1) is 11.3 Å². The summed E-state index contributed by atoms with van der Waals surface area (Å²) in [6.45, 7) is 7.96. The Balaban J connectivity index is 1.54. The molecule has 1 N–H and O–H groups in total. The number of hydrogen-bond acceptors (Lipinski definition) is 7. The van der Waals surface area contributed by atoms with E-state index in [1.54, 1.807) is 17.4 Å². The van der Waals surface area contributed by atoms with E-state index in [0.717, 1.165) is 47.2 Å². The van der Waals surface area contributed by atoms with E-state index in [1.165, 1.54) is 0 Å². The molecule has 1 aliphatic heterocycles. The minimum atomic E-state index is -0.270. The Kier molecular flexibility index (Phi) is 7.12. The minimum Gasteiger partial charge on any atom is -0.493 e. The summed E-state index contributed by atoms with van der Waals surface area (Å²) in [5, 5.41) is 12.1. The monoisotopic (exact) mass is 452 g/mol. The van der Waals surface area contributed by atoms with Crippen LogP contribution >= 0.6 is 11.3 Å². The predicted molar refractivity (Wildman–Crippen MR) is 124 cm³/mol. The van der Waals surface area contributed by atoms with Gasteiger partial charge in [0.05, 0.1) is 24.0 Å². The number of carbonyl (C=O) groups is 1. The minimum absolute atomic E-state index is 0.189. The van der Waals surface area contributed by atoms with Gasteiger partial charge in [-0.1, -0.05) is 0 Å². The van der Waals surface area contributed by atoms with Crippen molar-refractivity contribution in [2.24, 2.45) is 5.92 Å². The Hall–Kier alpha value is -2.84. The largest absolute Gasteiger partial charge is 0.493 e. The van der Waals surface area contributed by atoms with Gasteiger partial charge in [0.1, 0.15) is 10.8 Å². The molecule has 7 nitrogen and oxygen atoms in total. The van der Waals surface area contributed by atoms with Crippen LogP contribution in [0, 0.1) is 19.8 Å². The first-order chi connectivity index (χ1) is 15.5. The zero-order chi connectivity index (χ0) is 22.5. The van der Waals surface area contributed by atoms with E-state index >= 15 is 0 Å². The number of rotatable bonds is 7. The summed E-state index contributed by atoms with van der Waals surface area (Å²) in [5.74, 6) is 0.951. The lowest BCUT2D eigenvalue weighted by Crippen LogP contribution is -2.27. The summed E-state index contributed by atoms with van der Waals surface area (Å²) in [6.07, 6.45) is 3.83. The summed E-state index contributed by atoms with van der Waals surface area (Å²) in [4.78, 5) is 18.7. The maximum absolute atomic E-state index is 13.1. The van der Waals surface area contributed by atoms with Crippen molar-refractivity contribution in [3.05, 3.63) is 58.4 Å². The lowest BCUT2D eigenvalue weighted by atomic mass is 10.0. The number of benzene rings is 1. The van der Waals surface area contributed by atoms with E-state index in [9.17, 15) is 4.79 Å². The molecule has 1 aromatic carbocycles.